The Bertz CT molecular complexity index is 228. The van der Waals surface area contributed by atoms with Gasteiger partial charge in [0.25, 0.3) is 0 Å². The van der Waals surface area contributed by atoms with Crippen LogP contribution in [0, 0.1) is 12.3 Å². The zero-order valence-corrected chi connectivity index (χ0v) is 8.75. The number of hydrogen-bond acceptors (Lipinski definition) is 2. The molecule has 1 N–H and O–H groups in total. The standard InChI is InChI=1S/C11H18N2O/c1-3-7-13(8-4-2)11(14)9-12-10-5-6-10/h1,10,12H,4-9H2,2H3. The predicted molar refractivity (Wildman–Crippen MR) is 56.7 cm³/mol. The molecule has 0 saturated heterocycles. The van der Waals surface area contributed by atoms with E-state index in [1.165, 1.54) is 12.8 Å². The second-order valence-corrected chi connectivity index (χ2v) is 3.67. The van der Waals surface area contributed by atoms with E-state index in [-0.39, 0.29) is 5.91 Å². The fourth-order valence-electron chi connectivity index (χ4n) is 1.30. The molecule has 78 valence electrons. The Morgan fingerprint density at radius 3 is 2.86 bits per heavy atom. The van der Waals surface area contributed by atoms with Gasteiger partial charge in [0.15, 0.2) is 0 Å². The van der Waals surface area contributed by atoms with Crippen LogP contribution in [0.2, 0.25) is 0 Å². The van der Waals surface area contributed by atoms with Gasteiger partial charge >= 0.3 is 0 Å². The van der Waals surface area contributed by atoms with Crippen LogP contribution in [0.25, 0.3) is 0 Å². The van der Waals surface area contributed by atoms with E-state index in [0.29, 0.717) is 19.1 Å². The molecule has 0 aliphatic heterocycles. The molecule has 1 aliphatic rings. The normalized spacial score (nSPS) is 14.9. The van der Waals surface area contributed by atoms with E-state index < -0.39 is 0 Å². The van der Waals surface area contributed by atoms with Gasteiger partial charge in [-0.05, 0) is 19.3 Å². The summed E-state index contributed by atoms with van der Waals surface area (Å²) in [6, 6.07) is 0.577. The molecule has 0 radical (unpaired) electrons. The topological polar surface area (TPSA) is 32.3 Å². The van der Waals surface area contributed by atoms with E-state index in [1.807, 2.05) is 6.92 Å². The molecule has 0 spiro atoms. The quantitative estimate of drug-likeness (QED) is 0.628. The molecule has 0 atom stereocenters. The van der Waals surface area contributed by atoms with E-state index in [4.69, 9.17) is 6.42 Å². The number of carbonyl (C=O) groups is 1. The largest absolute Gasteiger partial charge is 0.330 e. The third kappa shape index (κ3) is 3.80. The van der Waals surface area contributed by atoms with Gasteiger partial charge in [0.1, 0.15) is 0 Å². The summed E-state index contributed by atoms with van der Waals surface area (Å²) in [6.07, 6.45) is 8.57. The van der Waals surface area contributed by atoms with Crippen molar-refractivity contribution in [3.05, 3.63) is 0 Å². The average Bonchev–Trinajstić information content (AvgIpc) is 2.97. The Hall–Kier alpha value is -1.01. The number of rotatable bonds is 6. The lowest BCUT2D eigenvalue weighted by atomic mass is 10.3. The molecule has 0 heterocycles. The van der Waals surface area contributed by atoms with Crippen molar-refractivity contribution in [1.82, 2.24) is 10.2 Å². The molecule has 0 bridgehead atoms. The molecule has 0 aromatic heterocycles. The molecule has 1 fully saturated rings. The van der Waals surface area contributed by atoms with Gasteiger partial charge in [0.2, 0.25) is 5.91 Å². The summed E-state index contributed by atoms with van der Waals surface area (Å²) in [6.45, 7) is 3.67. The van der Waals surface area contributed by atoms with Gasteiger partial charge in [-0.15, -0.1) is 6.42 Å². The lowest BCUT2D eigenvalue weighted by molar-refractivity contribution is -0.129. The first-order valence-electron chi connectivity index (χ1n) is 5.22. The highest BCUT2D eigenvalue weighted by Crippen LogP contribution is 2.18. The maximum Gasteiger partial charge on any atom is 0.237 e. The van der Waals surface area contributed by atoms with Crippen LogP contribution in [-0.4, -0.2) is 36.5 Å². The molecule has 1 rings (SSSR count). The van der Waals surface area contributed by atoms with Crippen LogP contribution < -0.4 is 5.32 Å². The average molecular weight is 194 g/mol. The molecular weight excluding hydrogens is 176 g/mol. The summed E-state index contributed by atoms with van der Waals surface area (Å²) < 4.78 is 0. The van der Waals surface area contributed by atoms with Gasteiger partial charge in [-0.3, -0.25) is 4.79 Å². The zero-order chi connectivity index (χ0) is 10.4. The van der Waals surface area contributed by atoms with E-state index in [9.17, 15) is 4.79 Å². The van der Waals surface area contributed by atoms with Gasteiger partial charge < -0.3 is 10.2 Å². The van der Waals surface area contributed by atoms with Crippen LogP contribution in [0.5, 0.6) is 0 Å². The van der Waals surface area contributed by atoms with Crippen LogP contribution in [0.15, 0.2) is 0 Å². The minimum atomic E-state index is 0.122. The van der Waals surface area contributed by atoms with Crippen molar-refractivity contribution in [1.29, 1.82) is 0 Å². The Labute approximate surface area is 85.9 Å². The van der Waals surface area contributed by atoms with Gasteiger partial charge in [-0.25, -0.2) is 0 Å². The van der Waals surface area contributed by atoms with E-state index >= 15 is 0 Å². The number of nitrogens with one attached hydrogen (secondary N) is 1. The molecule has 1 saturated carbocycles. The second-order valence-electron chi connectivity index (χ2n) is 3.67. The summed E-state index contributed by atoms with van der Waals surface area (Å²) in [5, 5.41) is 3.19. The fraction of sp³-hybridized carbons (Fsp3) is 0.727. The lowest BCUT2D eigenvalue weighted by Crippen LogP contribution is -2.39. The third-order valence-electron chi connectivity index (χ3n) is 2.25. The predicted octanol–water partition coefficient (Wildman–Crippen LogP) is 0.610. The highest BCUT2D eigenvalue weighted by molar-refractivity contribution is 5.78. The first kappa shape index (κ1) is 11.1. The van der Waals surface area contributed by atoms with Crippen molar-refractivity contribution < 1.29 is 4.79 Å². The van der Waals surface area contributed by atoms with Crippen LogP contribution in [0.1, 0.15) is 26.2 Å². The maximum absolute atomic E-state index is 11.6. The van der Waals surface area contributed by atoms with Crippen molar-refractivity contribution >= 4 is 5.91 Å². The number of amides is 1. The first-order chi connectivity index (χ1) is 6.77. The van der Waals surface area contributed by atoms with Gasteiger partial charge in [-0.1, -0.05) is 12.8 Å². The smallest absolute Gasteiger partial charge is 0.237 e. The van der Waals surface area contributed by atoms with Gasteiger partial charge in [0, 0.05) is 12.6 Å². The molecule has 14 heavy (non-hydrogen) atoms. The van der Waals surface area contributed by atoms with Crippen LogP contribution in [0.4, 0.5) is 0 Å². The number of nitrogens with zero attached hydrogens (tertiary/aromatic N) is 1. The minimum absolute atomic E-state index is 0.122. The van der Waals surface area contributed by atoms with E-state index in [2.05, 4.69) is 11.2 Å². The Balaban J connectivity index is 2.25. The number of carbonyl (C=O) groups excluding carboxylic acids is 1. The van der Waals surface area contributed by atoms with E-state index in [0.717, 1.165) is 13.0 Å². The molecule has 0 unspecified atom stereocenters. The molecule has 0 aromatic carbocycles. The summed E-state index contributed by atoms with van der Waals surface area (Å²) in [7, 11) is 0. The molecule has 0 aromatic rings. The highest BCUT2D eigenvalue weighted by Gasteiger charge is 2.22. The Kier molecular flexibility index (Phi) is 4.48. The van der Waals surface area contributed by atoms with E-state index in [1.54, 1.807) is 4.90 Å². The highest BCUT2D eigenvalue weighted by atomic mass is 16.2. The Morgan fingerprint density at radius 1 is 1.64 bits per heavy atom. The monoisotopic (exact) mass is 194 g/mol. The first-order valence-corrected chi connectivity index (χ1v) is 5.22. The van der Waals surface area contributed by atoms with Crippen molar-refractivity contribution in [3.63, 3.8) is 0 Å². The summed E-state index contributed by atoms with van der Waals surface area (Å²) in [5.41, 5.74) is 0. The summed E-state index contributed by atoms with van der Waals surface area (Å²) >= 11 is 0. The molecule has 1 amide bonds. The van der Waals surface area contributed by atoms with Gasteiger partial charge in [-0.2, -0.15) is 0 Å². The van der Waals surface area contributed by atoms with Gasteiger partial charge in [0.05, 0.1) is 13.1 Å². The van der Waals surface area contributed by atoms with Crippen LogP contribution in [-0.2, 0) is 4.79 Å². The van der Waals surface area contributed by atoms with Crippen molar-refractivity contribution in [2.75, 3.05) is 19.6 Å². The molecular formula is C11H18N2O. The Morgan fingerprint density at radius 2 is 2.36 bits per heavy atom. The van der Waals surface area contributed by atoms with Crippen molar-refractivity contribution in [2.45, 2.75) is 32.2 Å². The third-order valence-corrected chi connectivity index (χ3v) is 2.25. The summed E-state index contributed by atoms with van der Waals surface area (Å²) in [4.78, 5) is 13.4. The van der Waals surface area contributed by atoms with Crippen molar-refractivity contribution in [3.8, 4) is 12.3 Å². The number of terminal acetylenes is 1. The van der Waals surface area contributed by atoms with Crippen LogP contribution in [0.3, 0.4) is 0 Å². The zero-order valence-electron chi connectivity index (χ0n) is 8.75. The molecule has 3 heteroatoms. The van der Waals surface area contributed by atoms with Crippen molar-refractivity contribution in [2.24, 2.45) is 0 Å². The molecule has 3 nitrogen and oxygen atoms in total. The molecule has 1 aliphatic carbocycles. The fourth-order valence-corrected chi connectivity index (χ4v) is 1.30. The minimum Gasteiger partial charge on any atom is -0.330 e. The number of hydrogen-bond donors (Lipinski definition) is 1. The van der Waals surface area contributed by atoms with Crippen LogP contribution >= 0.6 is 0 Å². The maximum atomic E-state index is 11.6. The lowest BCUT2D eigenvalue weighted by Gasteiger charge is -2.19. The SMILES string of the molecule is C#CCN(CCC)C(=O)CNC1CC1. The second kappa shape index (κ2) is 5.66. The summed E-state index contributed by atoms with van der Waals surface area (Å²) in [5.74, 6) is 2.64.